The van der Waals surface area contributed by atoms with E-state index in [-0.39, 0.29) is 11.7 Å². The van der Waals surface area contributed by atoms with Crippen LogP contribution in [0.25, 0.3) is 0 Å². The van der Waals surface area contributed by atoms with E-state index in [1.165, 1.54) is 18.9 Å². The standard InChI is InChI=1S/C15H21NO3/c1-3-12-8-11(15(17)18)9-14(16-12)19-13-6-4-10(2)5-7-13/h8-10,13H,3-7H2,1-2H3,(H,17,18). The van der Waals surface area contributed by atoms with Gasteiger partial charge in [-0.1, -0.05) is 13.8 Å². The molecule has 1 saturated carbocycles. The number of nitrogens with zero attached hydrogens (tertiary/aromatic N) is 1. The van der Waals surface area contributed by atoms with Crippen molar-refractivity contribution in [3.05, 3.63) is 23.4 Å². The summed E-state index contributed by atoms with van der Waals surface area (Å²) in [6, 6.07) is 3.14. The van der Waals surface area contributed by atoms with Crippen LogP contribution in [0.3, 0.4) is 0 Å². The van der Waals surface area contributed by atoms with Gasteiger partial charge in [0, 0.05) is 11.8 Å². The van der Waals surface area contributed by atoms with E-state index < -0.39 is 5.97 Å². The van der Waals surface area contributed by atoms with Crippen LogP contribution in [-0.4, -0.2) is 22.2 Å². The molecule has 2 rings (SSSR count). The van der Waals surface area contributed by atoms with Crippen molar-refractivity contribution in [2.24, 2.45) is 5.92 Å². The second kappa shape index (κ2) is 6.04. The predicted octanol–water partition coefficient (Wildman–Crippen LogP) is 3.30. The summed E-state index contributed by atoms with van der Waals surface area (Å²) in [6.07, 6.45) is 5.29. The van der Waals surface area contributed by atoms with Gasteiger partial charge in [0.25, 0.3) is 0 Å². The summed E-state index contributed by atoms with van der Waals surface area (Å²) in [4.78, 5) is 15.4. The summed E-state index contributed by atoms with van der Waals surface area (Å²) in [5.41, 5.74) is 1.02. The van der Waals surface area contributed by atoms with E-state index in [1.54, 1.807) is 6.07 Å². The fraction of sp³-hybridized carbons (Fsp3) is 0.600. The van der Waals surface area contributed by atoms with Crippen molar-refractivity contribution in [3.63, 3.8) is 0 Å². The zero-order valence-corrected chi connectivity index (χ0v) is 11.6. The second-order valence-electron chi connectivity index (χ2n) is 5.34. The van der Waals surface area contributed by atoms with Crippen LogP contribution in [0.15, 0.2) is 12.1 Å². The molecule has 0 bridgehead atoms. The number of aromatic nitrogens is 1. The van der Waals surface area contributed by atoms with Gasteiger partial charge in [0.05, 0.1) is 5.56 Å². The highest BCUT2D eigenvalue weighted by Gasteiger charge is 2.20. The fourth-order valence-electron chi connectivity index (χ4n) is 2.44. The number of carboxylic acids is 1. The Kier molecular flexibility index (Phi) is 4.40. The SMILES string of the molecule is CCc1cc(C(=O)O)cc(OC2CCC(C)CC2)n1. The molecular weight excluding hydrogens is 242 g/mol. The van der Waals surface area contributed by atoms with Crippen LogP contribution in [0.1, 0.15) is 55.6 Å². The van der Waals surface area contributed by atoms with Gasteiger partial charge in [0.2, 0.25) is 5.88 Å². The number of hydrogen-bond donors (Lipinski definition) is 1. The Labute approximate surface area is 113 Å². The molecule has 4 nitrogen and oxygen atoms in total. The minimum absolute atomic E-state index is 0.178. The van der Waals surface area contributed by atoms with Gasteiger partial charge in [0.1, 0.15) is 6.10 Å². The average molecular weight is 263 g/mol. The zero-order chi connectivity index (χ0) is 13.8. The van der Waals surface area contributed by atoms with Crippen molar-refractivity contribution in [2.75, 3.05) is 0 Å². The third-order valence-corrected chi connectivity index (χ3v) is 3.71. The molecule has 19 heavy (non-hydrogen) atoms. The fourth-order valence-corrected chi connectivity index (χ4v) is 2.44. The molecule has 1 aliphatic rings. The van der Waals surface area contributed by atoms with Gasteiger partial charge >= 0.3 is 5.97 Å². The molecule has 0 aliphatic heterocycles. The van der Waals surface area contributed by atoms with Crippen molar-refractivity contribution in [1.29, 1.82) is 0 Å². The molecule has 0 radical (unpaired) electrons. The Bertz CT molecular complexity index is 451. The molecular formula is C15H21NO3. The monoisotopic (exact) mass is 263 g/mol. The molecule has 1 aromatic rings. The number of hydrogen-bond acceptors (Lipinski definition) is 3. The summed E-state index contributed by atoms with van der Waals surface area (Å²) in [7, 11) is 0. The molecule has 0 saturated heterocycles. The number of carboxylic acid groups (broad SMARTS) is 1. The Balaban J connectivity index is 2.10. The Hall–Kier alpha value is -1.58. The Morgan fingerprint density at radius 2 is 2.05 bits per heavy atom. The van der Waals surface area contributed by atoms with E-state index in [0.29, 0.717) is 12.3 Å². The molecule has 104 valence electrons. The average Bonchev–Trinajstić information content (AvgIpc) is 2.41. The van der Waals surface area contributed by atoms with Gasteiger partial charge in [-0.25, -0.2) is 9.78 Å². The van der Waals surface area contributed by atoms with E-state index >= 15 is 0 Å². The first-order chi connectivity index (χ1) is 9.08. The number of aromatic carboxylic acids is 1. The van der Waals surface area contributed by atoms with Crippen LogP contribution in [-0.2, 0) is 6.42 Å². The number of ether oxygens (including phenoxy) is 1. The van der Waals surface area contributed by atoms with Crippen LogP contribution in [0.2, 0.25) is 0 Å². The minimum Gasteiger partial charge on any atom is -0.478 e. The maximum absolute atomic E-state index is 11.1. The molecule has 1 N–H and O–H groups in total. The Morgan fingerprint density at radius 1 is 1.37 bits per heavy atom. The molecule has 0 atom stereocenters. The number of pyridine rings is 1. The highest BCUT2D eigenvalue weighted by atomic mass is 16.5. The van der Waals surface area contributed by atoms with E-state index in [9.17, 15) is 4.79 Å². The normalized spacial score (nSPS) is 23.1. The first-order valence-electron chi connectivity index (χ1n) is 6.99. The van der Waals surface area contributed by atoms with Gasteiger partial charge < -0.3 is 9.84 Å². The molecule has 4 heteroatoms. The number of rotatable bonds is 4. The molecule has 0 amide bonds. The van der Waals surface area contributed by atoms with Crippen molar-refractivity contribution >= 4 is 5.97 Å². The smallest absolute Gasteiger partial charge is 0.335 e. The minimum atomic E-state index is -0.931. The molecule has 1 fully saturated rings. The second-order valence-corrected chi connectivity index (χ2v) is 5.34. The van der Waals surface area contributed by atoms with Gasteiger partial charge in [-0.05, 0) is 44.1 Å². The largest absolute Gasteiger partial charge is 0.478 e. The summed E-state index contributed by atoms with van der Waals surface area (Å²) in [6.45, 7) is 4.22. The van der Waals surface area contributed by atoms with Crippen molar-refractivity contribution in [2.45, 2.75) is 52.1 Å². The third kappa shape index (κ3) is 3.69. The number of aryl methyl sites for hydroxylation is 1. The Morgan fingerprint density at radius 3 is 2.63 bits per heavy atom. The van der Waals surface area contributed by atoms with Gasteiger partial charge in [-0.2, -0.15) is 0 Å². The van der Waals surface area contributed by atoms with Gasteiger partial charge in [-0.3, -0.25) is 0 Å². The van der Waals surface area contributed by atoms with E-state index in [2.05, 4.69) is 11.9 Å². The first kappa shape index (κ1) is 13.8. The van der Waals surface area contributed by atoms with E-state index in [1.807, 2.05) is 6.92 Å². The predicted molar refractivity (Wildman–Crippen MR) is 72.6 cm³/mol. The lowest BCUT2D eigenvalue weighted by Gasteiger charge is -2.26. The molecule has 0 unspecified atom stereocenters. The highest BCUT2D eigenvalue weighted by molar-refractivity contribution is 5.88. The summed E-state index contributed by atoms with van der Waals surface area (Å²) >= 11 is 0. The lowest BCUT2D eigenvalue weighted by Crippen LogP contribution is -2.23. The zero-order valence-electron chi connectivity index (χ0n) is 11.6. The quantitative estimate of drug-likeness (QED) is 0.905. The molecule has 1 heterocycles. The molecule has 0 spiro atoms. The van der Waals surface area contributed by atoms with E-state index in [4.69, 9.17) is 9.84 Å². The first-order valence-corrected chi connectivity index (χ1v) is 6.99. The van der Waals surface area contributed by atoms with Crippen molar-refractivity contribution in [3.8, 4) is 5.88 Å². The summed E-state index contributed by atoms with van der Waals surface area (Å²) in [5.74, 6) is 0.292. The lowest BCUT2D eigenvalue weighted by molar-refractivity contribution is 0.0694. The van der Waals surface area contributed by atoms with Crippen LogP contribution in [0, 0.1) is 5.92 Å². The summed E-state index contributed by atoms with van der Waals surface area (Å²) in [5, 5.41) is 9.09. The van der Waals surface area contributed by atoms with Crippen molar-refractivity contribution < 1.29 is 14.6 Å². The van der Waals surface area contributed by atoms with Crippen LogP contribution in [0.4, 0.5) is 0 Å². The van der Waals surface area contributed by atoms with Crippen LogP contribution in [0.5, 0.6) is 5.88 Å². The maximum atomic E-state index is 11.1. The lowest BCUT2D eigenvalue weighted by atomic mass is 9.89. The summed E-state index contributed by atoms with van der Waals surface area (Å²) < 4.78 is 5.86. The van der Waals surface area contributed by atoms with Crippen molar-refractivity contribution in [1.82, 2.24) is 4.98 Å². The van der Waals surface area contributed by atoms with Gasteiger partial charge in [0.15, 0.2) is 0 Å². The highest BCUT2D eigenvalue weighted by Crippen LogP contribution is 2.27. The van der Waals surface area contributed by atoms with E-state index in [0.717, 1.165) is 24.5 Å². The third-order valence-electron chi connectivity index (χ3n) is 3.71. The maximum Gasteiger partial charge on any atom is 0.335 e. The van der Waals surface area contributed by atoms with Gasteiger partial charge in [-0.15, -0.1) is 0 Å². The molecule has 1 aliphatic carbocycles. The van der Waals surface area contributed by atoms with Crippen LogP contribution >= 0.6 is 0 Å². The molecule has 1 aromatic heterocycles. The molecule has 0 aromatic carbocycles. The topological polar surface area (TPSA) is 59.4 Å². The van der Waals surface area contributed by atoms with Crippen LogP contribution < -0.4 is 4.74 Å². The number of carbonyl (C=O) groups is 1.